The molecule has 0 aliphatic rings. The van der Waals surface area contributed by atoms with Gasteiger partial charge >= 0.3 is 0 Å². The smallest absolute Gasteiger partial charge is 0.298 e. The van der Waals surface area contributed by atoms with Crippen molar-refractivity contribution in [2.75, 3.05) is 24.4 Å². The summed E-state index contributed by atoms with van der Waals surface area (Å²) in [5.74, 6) is 0.821. The molecule has 0 saturated heterocycles. The fourth-order valence-corrected chi connectivity index (χ4v) is 3.14. The molecule has 7 nitrogen and oxygen atoms in total. The van der Waals surface area contributed by atoms with Gasteiger partial charge in [0, 0.05) is 11.4 Å². The SMILES string of the molecule is CCCCOc1ccc(NC(=S)Nc2ccc(OC)c(S(=O)(=O)O)c2)cc1. The molecule has 2 rings (SSSR count). The van der Waals surface area contributed by atoms with Crippen molar-refractivity contribution in [2.24, 2.45) is 0 Å². The zero-order valence-electron chi connectivity index (χ0n) is 15.1. The van der Waals surface area contributed by atoms with E-state index < -0.39 is 10.1 Å². The minimum Gasteiger partial charge on any atom is -0.495 e. The molecule has 0 fully saturated rings. The lowest BCUT2D eigenvalue weighted by molar-refractivity contribution is 0.309. The fourth-order valence-electron chi connectivity index (χ4n) is 2.22. The van der Waals surface area contributed by atoms with Gasteiger partial charge in [-0.1, -0.05) is 13.3 Å². The first-order valence-electron chi connectivity index (χ1n) is 8.30. The second-order valence-electron chi connectivity index (χ2n) is 5.65. The maximum Gasteiger partial charge on any atom is 0.298 e. The lowest BCUT2D eigenvalue weighted by Crippen LogP contribution is -2.19. The van der Waals surface area contributed by atoms with Crippen LogP contribution < -0.4 is 20.1 Å². The largest absolute Gasteiger partial charge is 0.495 e. The van der Waals surface area contributed by atoms with E-state index in [1.807, 2.05) is 24.3 Å². The van der Waals surface area contributed by atoms with E-state index in [-0.39, 0.29) is 15.8 Å². The van der Waals surface area contributed by atoms with Crippen molar-refractivity contribution in [3.05, 3.63) is 42.5 Å². The van der Waals surface area contributed by atoms with Gasteiger partial charge in [-0.2, -0.15) is 8.42 Å². The highest BCUT2D eigenvalue weighted by molar-refractivity contribution is 7.86. The molecule has 0 aliphatic heterocycles. The third-order valence-corrected chi connectivity index (χ3v) is 4.66. The van der Waals surface area contributed by atoms with Crippen molar-refractivity contribution in [3.63, 3.8) is 0 Å². The van der Waals surface area contributed by atoms with Gasteiger partial charge in [0.05, 0.1) is 13.7 Å². The molecule has 0 bridgehead atoms. The molecule has 0 amide bonds. The number of hydrogen-bond donors (Lipinski definition) is 3. The zero-order chi connectivity index (χ0) is 19.9. The number of anilines is 2. The van der Waals surface area contributed by atoms with Crippen LogP contribution >= 0.6 is 12.2 Å². The summed E-state index contributed by atoms with van der Waals surface area (Å²) in [4.78, 5) is -0.341. The van der Waals surface area contributed by atoms with E-state index in [1.165, 1.54) is 19.2 Å². The van der Waals surface area contributed by atoms with Gasteiger partial charge in [0.2, 0.25) is 0 Å². The summed E-state index contributed by atoms with van der Waals surface area (Å²) in [6.45, 7) is 2.78. The number of methoxy groups -OCH3 is 1. The van der Waals surface area contributed by atoms with Crippen molar-refractivity contribution in [2.45, 2.75) is 24.7 Å². The average molecular weight is 411 g/mol. The van der Waals surface area contributed by atoms with Gasteiger partial charge in [-0.05, 0) is 61.1 Å². The highest BCUT2D eigenvalue weighted by Gasteiger charge is 2.17. The van der Waals surface area contributed by atoms with E-state index in [0.29, 0.717) is 12.3 Å². The number of hydrogen-bond acceptors (Lipinski definition) is 5. The van der Waals surface area contributed by atoms with Crippen molar-refractivity contribution in [3.8, 4) is 11.5 Å². The fraction of sp³-hybridized carbons (Fsp3) is 0.278. The molecule has 0 heterocycles. The van der Waals surface area contributed by atoms with Crippen molar-refractivity contribution >= 4 is 38.8 Å². The van der Waals surface area contributed by atoms with Gasteiger partial charge in [0.25, 0.3) is 10.1 Å². The Labute approximate surface area is 164 Å². The standard InChI is InChI=1S/C18H22N2O5S2/c1-3-4-11-25-15-8-5-13(6-9-15)19-18(26)20-14-7-10-16(24-2)17(12-14)27(21,22)23/h5-10,12H,3-4,11H2,1-2H3,(H2,19,20,26)(H,21,22,23). The first-order chi connectivity index (χ1) is 12.8. The Balaban J connectivity index is 2.01. The summed E-state index contributed by atoms with van der Waals surface area (Å²) in [7, 11) is -3.10. The molecule has 146 valence electrons. The van der Waals surface area contributed by atoms with Gasteiger partial charge in [-0.25, -0.2) is 0 Å². The average Bonchev–Trinajstić information content (AvgIpc) is 2.62. The Morgan fingerprint density at radius 2 is 1.74 bits per heavy atom. The predicted octanol–water partition coefficient (Wildman–Crippen LogP) is 3.93. The molecule has 0 saturated carbocycles. The molecule has 0 spiro atoms. The lowest BCUT2D eigenvalue weighted by atomic mass is 10.3. The van der Waals surface area contributed by atoms with E-state index in [1.54, 1.807) is 6.07 Å². The molecular weight excluding hydrogens is 388 g/mol. The summed E-state index contributed by atoms with van der Waals surface area (Å²) in [6.07, 6.45) is 2.08. The second kappa shape index (κ2) is 9.54. The Hall–Kier alpha value is -2.36. The summed E-state index contributed by atoms with van der Waals surface area (Å²) < 4.78 is 42.8. The summed E-state index contributed by atoms with van der Waals surface area (Å²) in [5.41, 5.74) is 1.14. The highest BCUT2D eigenvalue weighted by atomic mass is 32.2. The lowest BCUT2D eigenvalue weighted by Gasteiger charge is -2.13. The van der Waals surface area contributed by atoms with Gasteiger partial charge in [-0.3, -0.25) is 4.55 Å². The van der Waals surface area contributed by atoms with Gasteiger partial charge in [0.1, 0.15) is 16.4 Å². The van der Waals surface area contributed by atoms with Gasteiger partial charge in [-0.15, -0.1) is 0 Å². The van der Waals surface area contributed by atoms with Crippen molar-refractivity contribution in [1.29, 1.82) is 0 Å². The number of nitrogens with one attached hydrogen (secondary N) is 2. The van der Waals surface area contributed by atoms with E-state index in [9.17, 15) is 13.0 Å². The van der Waals surface area contributed by atoms with Crippen LogP contribution in [0.15, 0.2) is 47.4 Å². The minimum atomic E-state index is -4.42. The van der Waals surface area contributed by atoms with E-state index >= 15 is 0 Å². The quantitative estimate of drug-likeness (QED) is 0.342. The van der Waals surface area contributed by atoms with Crippen LogP contribution in [0.2, 0.25) is 0 Å². The van der Waals surface area contributed by atoms with E-state index in [4.69, 9.17) is 21.7 Å². The summed E-state index contributed by atoms with van der Waals surface area (Å²) in [6, 6.07) is 11.6. The first-order valence-corrected chi connectivity index (χ1v) is 10.1. The molecule has 0 radical (unpaired) electrons. The molecule has 0 atom stereocenters. The Morgan fingerprint density at radius 1 is 1.11 bits per heavy atom. The number of ether oxygens (including phenoxy) is 2. The minimum absolute atomic E-state index is 0.0422. The van der Waals surface area contributed by atoms with Crippen LogP contribution in [0.25, 0.3) is 0 Å². The molecule has 27 heavy (non-hydrogen) atoms. The Morgan fingerprint density at radius 3 is 2.33 bits per heavy atom. The van der Waals surface area contributed by atoms with Gasteiger partial charge < -0.3 is 20.1 Å². The highest BCUT2D eigenvalue weighted by Crippen LogP contribution is 2.27. The maximum absolute atomic E-state index is 11.5. The predicted molar refractivity (Wildman–Crippen MR) is 109 cm³/mol. The third kappa shape index (κ3) is 6.38. The van der Waals surface area contributed by atoms with Crippen LogP contribution in [0.4, 0.5) is 11.4 Å². The summed E-state index contributed by atoms with van der Waals surface area (Å²) in [5, 5.41) is 6.13. The molecule has 0 aliphatic carbocycles. The molecular formula is C18H22N2O5S2. The molecule has 0 aromatic heterocycles. The molecule has 3 N–H and O–H groups in total. The molecule has 0 unspecified atom stereocenters. The van der Waals surface area contributed by atoms with Gasteiger partial charge in [0.15, 0.2) is 5.11 Å². The van der Waals surface area contributed by atoms with Crippen molar-refractivity contribution in [1.82, 2.24) is 0 Å². The van der Waals surface area contributed by atoms with Crippen LogP contribution in [0.5, 0.6) is 11.5 Å². The normalized spacial score (nSPS) is 10.9. The van der Waals surface area contributed by atoms with Crippen LogP contribution in [0.3, 0.4) is 0 Å². The number of unbranched alkanes of at least 4 members (excludes halogenated alkanes) is 1. The maximum atomic E-state index is 11.5. The number of benzene rings is 2. The van der Waals surface area contributed by atoms with Crippen molar-refractivity contribution < 1.29 is 22.4 Å². The van der Waals surface area contributed by atoms with E-state index in [0.717, 1.165) is 24.3 Å². The topological polar surface area (TPSA) is 96.9 Å². The van der Waals surface area contributed by atoms with E-state index in [2.05, 4.69) is 17.6 Å². The molecule has 2 aromatic carbocycles. The Bertz CT molecular complexity index is 883. The molecule has 2 aromatic rings. The summed E-state index contributed by atoms with van der Waals surface area (Å²) >= 11 is 5.24. The van der Waals surface area contributed by atoms with Crippen LogP contribution in [-0.2, 0) is 10.1 Å². The third-order valence-electron chi connectivity index (χ3n) is 3.58. The number of thiocarbonyl (C=S) groups is 1. The first kappa shape index (κ1) is 20.9. The second-order valence-corrected chi connectivity index (χ2v) is 7.44. The van der Waals surface area contributed by atoms with Crippen LogP contribution in [0.1, 0.15) is 19.8 Å². The molecule has 9 heteroatoms. The monoisotopic (exact) mass is 410 g/mol. The van der Waals surface area contributed by atoms with Crippen LogP contribution in [0, 0.1) is 0 Å². The zero-order valence-corrected chi connectivity index (χ0v) is 16.7. The van der Waals surface area contributed by atoms with Crippen LogP contribution in [-0.4, -0.2) is 31.8 Å². The Kier molecular flexibility index (Phi) is 7.40. The number of rotatable bonds is 8.